The van der Waals surface area contributed by atoms with Gasteiger partial charge in [0.15, 0.2) is 0 Å². The molecule has 0 heterocycles. The van der Waals surface area contributed by atoms with Gasteiger partial charge in [0, 0.05) is 18.7 Å². The molecule has 2 rings (SSSR count). The highest BCUT2D eigenvalue weighted by atomic mass is 19.4. The Bertz CT molecular complexity index is 883. The maximum Gasteiger partial charge on any atom is 0.411 e. The highest BCUT2D eigenvalue weighted by molar-refractivity contribution is 5.95. The van der Waals surface area contributed by atoms with Crippen molar-refractivity contribution >= 4 is 17.3 Å². The number of nitro benzene ring substituents is 2. The summed E-state index contributed by atoms with van der Waals surface area (Å²) in [7, 11) is 0. The van der Waals surface area contributed by atoms with Gasteiger partial charge in [0.05, 0.1) is 28.1 Å². The van der Waals surface area contributed by atoms with Gasteiger partial charge in [-0.3, -0.25) is 25.0 Å². The van der Waals surface area contributed by atoms with E-state index in [9.17, 15) is 38.2 Å². The van der Waals surface area contributed by atoms with Crippen LogP contribution in [0.15, 0.2) is 42.5 Å². The average Bonchev–Trinajstić information content (AvgIpc) is 2.65. The maximum atomic E-state index is 12.2. The Balaban J connectivity index is 1.98. The summed E-state index contributed by atoms with van der Waals surface area (Å²) in [5.74, 6) is -0.755. The van der Waals surface area contributed by atoms with E-state index in [-0.39, 0.29) is 18.7 Å². The normalized spacial score (nSPS) is 11.1. The molecule has 29 heavy (non-hydrogen) atoms. The third-order valence-corrected chi connectivity index (χ3v) is 3.60. The van der Waals surface area contributed by atoms with Gasteiger partial charge in [0.25, 0.3) is 17.3 Å². The second kappa shape index (κ2) is 9.10. The van der Waals surface area contributed by atoms with Crippen LogP contribution in [0, 0.1) is 20.2 Å². The molecule has 2 aromatic carbocycles. The highest BCUT2D eigenvalue weighted by Gasteiger charge is 2.27. The second-order valence-electron chi connectivity index (χ2n) is 5.86. The Hall–Kier alpha value is -3.54. The summed E-state index contributed by atoms with van der Waals surface area (Å²) in [5, 5.41) is 24.2. The lowest BCUT2D eigenvalue weighted by molar-refractivity contribution is -0.394. The third kappa shape index (κ3) is 6.84. The van der Waals surface area contributed by atoms with Crippen LogP contribution >= 0.6 is 0 Å². The zero-order chi connectivity index (χ0) is 21.6. The van der Waals surface area contributed by atoms with Crippen molar-refractivity contribution in [1.29, 1.82) is 0 Å². The molecular formula is C17H14F3N3O6. The molecule has 154 valence electrons. The Kier molecular flexibility index (Phi) is 6.83. The molecule has 0 unspecified atom stereocenters. The monoisotopic (exact) mass is 413 g/mol. The largest absolute Gasteiger partial charge is 0.411 e. The lowest BCUT2D eigenvalue weighted by Gasteiger charge is -2.09. The van der Waals surface area contributed by atoms with Gasteiger partial charge >= 0.3 is 6.18 Å². The number of amides is 1. The van der Waals surface area contributed by atoms with Gasteiger partial charge in [-0.25, -0.2) is 0 Å². The molecule has 0 aliphatic rings. The zero-order valence-electron chi connectivity index (χ0n) is 14.6. The number of carbonyl (C=O) groups is 1. The second-order valence-corrected chi connectivity index (χ2v) is 5.86. The van der Waals surface area contributed by atoms with Crippen molar-refractivity contribution in [1.82, 2.24) is 5.32 Å². The first-order valence-corrected chi connectivity index (χ1v) is 7.99. The van der Waals surface area contributed by atoms with Crippen LogP contribution in [0.25, 0.3) is 0 Å². The van der Waals surface area contributed by atoms with Crippen LogP contribution in [-0.2, 0) is 17.9 Å². The van der Waals surface area contributed by atoms with Crippen LogP contribution in [0.2, 0.25) is 0 Å². The van der Waals surface area contributed by atoms with Crippen LogP contribution in [0.4, 0.5) is 24.5 Å². The zero-order valence-corrected chi connectivity index (χ0v) is 14.6. The molecule has 0 saturated carbocycles. The van der Waals surface area contributed by atoms with Gasteiger partial charge in [0.2, 0.25) is 0 Å². The summed E-state index contributed by atoms with van der Waals surface area (Å²) in [6.45, 7) is -1.59. The molecule has 9 nitrogen and oxygen atoms in total. The Morgan fingerprint density at radius 2 is 1.48 bits per heavy atom. The van der Waals surface area contributed by atoms with Crippen molar-refractivity contribution < 1.29 is 32.5 Å². The SMILES string of the molecule is O=C(NCc1ccc(COCC(F)(F)F)cc1)c1cc([N+](=O)[O-])cc([N+](=O)[O-])c1. The molecule has 12 heteroatoms. The molecule has 0 aliphatic heterocycles. The predicted octanol–water partition coefficient (Wildman–Crippen LogP) is 3.51. The van der Waals surface area contributed by atoms with Crippen LogP contribution in [0.5, 0.6) is 0 Å². The topological polar surface area (TPSA) is 125 Å². The first-order valence-electron chi connectivity index (χ1n) is 7.99. The van der Waals surface area contributed by atoms with Gasteiger partial charge in [-0.2, -0.15) is 13.2 Å². The average molecular weight is 413 g/mol. The quantitative estimate of drug-likeness (QED) is 0.522. The number of nitro groups is 2. The van der Waals surface area contributed by atoms with E-state index in [1.54, 1.807) is 12.1 Å². The molecule has 2 aromatic rings. The lowest BCUT2D eigenvalue weighted by atomic mass is 10.1. The van der Waals surface area contributed by atoms with Gasteiger partial charge < -0.3 is 10.1 Å². The summed E-state index contributed by atoms with van der Waals surface area (Å²) < 4.78 is 40.6. The molecule has 0 aromatic heterocycles. The number of alkyl halides is 3. The molecule has 0 radical (unpaired) electrons. The fourth-order valence-electron chi connectivity index (χ4n) is 2.26. The van der Waals surface area contributed by atoms with Crippen LogP contribution < -0.4 is 5.32 Å². The number of non-ortho nitro benzene ring substituents is 2. The molecule has 0 fully saturated rings. The van der Waals surface area contributed by atoms with E-state index in [0.29, 0.717) is 11.1 Å². The summed E-state index contributed by atoms with van der Waals surface area (Å²) in [6.07, 6.45) is -4.41. The summed E-state index contributed by atoms with van der Waals surface area (Å²) in [6, 6.07) is 8.75. The number of rotatable bonds is 8. The molecule has 0 spiro atoms. The minimum Gasteiger partial charge on any atom is -0.367 e. The lowest BCUT2D eigenvalue weighted by Crippen LogP contribution is -2.23. The number of carbonyl (C=O) groups excluding carboxylic acids is 1. The Labute approximate surface area is 161 Å². The van der Waals surface area contributed by atoms with E-state index >= 15 is 0 Å². The van der Waals surface area contributed by atoms with Crippen molar-refractivity contribution in [3.63, 3.8) is 0 Å². The number of hydrogen-bond acceptors (Lipinski definition) is 6. The van der Waals surface area contributed by atoms with Crippen molar-refractivity contribution in [3.05, 3.63) is 79.4 Å². The number of nitrogens with zero attached hydrogens (tertiary/aromatic N) is 2. The Morgan fingerprint density at radius 1 is 0.966 bits per heavy atom. The minimum absolute atomic E-state index is 0.000981. The Morgan fingerprint density at radius 3 is 1.97 bits per heavy atom. The number of hydrogen-bond donors (Lipinski definition) is 1. The fourth-order valence-corrected chi connectivity index (χ4v) is 2.26. The van der Waals surface area contributed by atoms with E-state index in [2.05, 4.69) is 10.1 Å². The fraction of sp³-hybridized carbons (Fsp3) is 0.235. The van der Waals surface area contributed by atoms with Gasteiger partial charge in [-0.1, -0.05) is 24.3 Å². The van der Waals surface area contributed by atoms with Crippen molar-refractivity contribution in [2.45, 2.75) is 19.3 Å². The molecular weight excluding hydrogens is 399 g/mol. The van der Waals surface area contributed by atoms with Crippen LogP contribution in [0.1, 0.15) is 21.5 Å². The van der Waals surface area contributed by atoms with E-state index in [1.165, 1.54) is 12.1 Å². The molecule has 1 N–H and O–H groups in total. The van der Waals surface area contributed by atoms with Gasteiger partial charge in [-0.05, 0) is 11.1 Å². The molecule has 0 saturated heterocycles. The van der Waals surface area contributed by atoms with Crippen LogP contribution in [0.3, 0.4) is 0 Å². The molecule has 0 bridgehead atoms. The number of halogens is 3. The predicted molar refractivity (Wildman–Crippen MR) is 93.1 cm³/mol. The number of nitrogens with one attached hydrogen (secondary N) is 1. The third-order valence-electron chi connectivity index (χ3n) is 3.60. The highest BCUT2D eigenvalue weighted by Crippen LogP contribution is 2.22. The van der Waals surface area contributed by atoms with E-state index in [1.807, 2.05) is 0 Å². The first-order chi connectivity index (χ1) is 13.5. The smallest absolute Gasteiger partial charge is 0.367 e. The van der Waals surface area contributed by atoms with E-state index in [4.69, 9.17) is 0 Å². The summed E-state index contributed by atoms with van der Waals surface area (Å²) in [5.41, 5.74) is -0.334. The van der Waals surface area contributed by atoms with Gasteiger partial charge in [-0.15, -0.1) is 0 Å². The van der Waals surface area contributed by atoms with E-state index < -0.39 is 39.9 Å². The minimum atomic E-state index is -4.41. The van der Waals surface area contributed by atoms with Gasteiger partial charge in [0.1, 0.15) is 6.61 Å². The van der Waals surface area contributed by atoms with E-state index in [0.717, 1.165) is 18.2 Å². The maximum absolute atomic E-state index is 12.2. The molecule has 0 aliphatic carbocycles. The first kappa shape index (κ1) is 21.8. The van der Waals surface area contributed by atoms with Crippen molar-refractivity contribution in [2.75, 3.05) is 6.61 Å². The van der Waals surface area contributed by atoms with Crippen LogP contribution in [-0.4, -0.2) is 28.5 Å². The summed E-state index contributed by atoms with van der Waals surface area (Å²) >= 11 is 0. The number of ether oxygens (including phenoxy) is 1. The van der Waals surface area contributed by atoms with Crippen molar-refractivity contribution in [3.8, 4) is 0 Å². The number of benzene rings is 2. The van der Waals surface area contributed by atoms with Crippen molar-refractivity contribution in [2.24, 2.45) is 0 Å². The summed E-state index contributed by atoms with van der Waals surface area (Å²) in [4.78, 5) is 32.2. The standard InChI is InChI=1S/C17H14F3N3O6/c18-17(19,20)10-29-9-12-3-1-11(2-4-12)8-21-16(24)13-5-14(22(25)26)7-15(6-13)23(27)28/h1-7H,8-10H2,(H,21,24). The molecule has 0 atom stereocenters. The molecule has 1 amide bonds.